The Morgan fingerprint density at radius 3 is 2.80 bits per heavy atom. The van der Waals surface area contributed by atoms with Gasteiger partial charge in [-0.2, -0.15) is 0 Å². The number of hydrogen-bond donors (Lipinski definition) is 2. The summed E-state index contributed by atoms with van der Waals surface area (Å²) in [4.78, 5) is 14.2. The van der Waals surface area contributed by atoms with Crippen molar-refractivity contribution in [2.75, 3.05) is 33.2 Å². The van der Waals surface area contributed by atoms with E-state index in [4.69, 9.17) is 0 Å². The van der Waals surface area contributed by atoms with Crippen LogP contribution >= 0.6 is 0 Å². The molecule has 2 heterocycles. The highest BCUT2D eigenvalue weighted by atomic mass is 16.2. The van der Waals surface area contributed by atoms with E-state index >= 15 is 0 Å². The Morgan fingerprint density at radius 2 is 2.27 bits per heavy atom. The Labute approximate surface area is 91.4 Å². The van der Waals surface area contributed by atoms with Crippen molar-refractivity contribution in [1.29, 1.82) is 0 Å². The van der Waals surface area contributed by atoms with Crippen molar-refractivity contribution in [2.24, 2.45) is 11.8 Å². The molecule has 15 heavy (non-hydrogen) atoms. The Hall–Kier alpha value is -0.610. The molecule has 2 fully saturated rings. The normalized spacial score (nSPS) is 37.1. The topological polar surface area (TPSA) is 44.4 Å². The summed E-state index contributed by atoms with van der Waals surface area (Å²) in [6, 6.07) is 0.371. The molecule has 3 atom stereocenters. The molecule has 1 unspecified atom stereocenters. The second-order valence-corrected chi connectivity index (χ2v) is 5.00. The first-order valence-electron chi connectivity index (χ1n) is 5.86. The maximum Gasteiger partial charge on any atom is 0.224 e. The number of likely N-dealkylation sites (tertiary alicyclic amines) is 1. The molecule has 4 heteroatoms. The van der Waals surface area contributed by atoms with Crippen molar-refractivity contribution < 1.29 is 4.79 Å². The summed E-state index contributed by atoms with van der Waals surface area (Å²) in [5.41, 5.74) is 0. The monoisotopic (exact) mass is 211 g/mol. The molecule has 2 saturated heterocycles. The second-order valence-electron chi connectivity index (χ2n) is 5.00. The predicted molar refractivity (Wildman–Crippen MR) is 59.6 cm³/mol. The largest absolute Gasteiger partial charge is 0.352 e. The van der Waals surface area contributed by atoms with Crippen LogP contribution in [-0.4, -0.2) is 50.1 Å². The Bertz CT molecular complexity index is 244. The van der Waals surface area contributed by atoms with Gasteiger partial charge in [0.05, 0.1) is 5.92 Å². The fourth-order valence-electron chi connectivity index (χ4n) is 2.52. The van der Waals surface area contributed by atoms with E-state index in [1.165, 1.54) is 0 Å². The zero-order valence-electron chi connectivity index (χ0n) is 9.62. The summed E-state index contributed by atoms with van der Waals surface area (Å²) in [6.07, 6.45) is 1.09. The molecule has 0 aliphatic carbocycles. The summed E-state index contributed by atoms with van der Waals surface area (Å²) < 4.78 is 0. The molecule has 2 rings (SSSR count). The molecular weight excluding hydrogens is 190 g/mol. The van der Waals surface area contributed by atoms with Gasteiger partial charge in [-0.05, 0) is 32.5 Å². The van der Waals surface area contributed by atoms with Crippen LogP contribution in [0.2, 0.25) is 0 Å². The van der Waals surface area contributed by atoms with Gasteiger partial charge in [0.1, 0.15) is 0 Å². The van der Waals surface area contributed by atoms with Gasteiger partial charge >= 0.3 is 0 Å². The maximum absolute atomic E-state index is 11.9. The average molecular weight is 211 g/mol. The third-order valence-electron chi connectivity index (χ3n) is 3.59. The van der Waals surface area contributed by atoms with Crippen molar-refractivity contribution in [3.8, 4) is 0 Å². The van der Waals surface area contributed by atoms with Gasteiger partial charge < -0.3 is 15.5 Å². The van der Waals surface area contributed by atoms with E-state index < -0.39 is 0 Å². The van der Waals surface area contributed by atoms with Crippen molar-refractivity contribution in [3.63, 3.8) is 0 Å². The van der Waals surface area contributed by atoms with Gasteiger partial charge in [0.25, 0.3) is 0 Å². The SMILES string of the molecule is C[C@@H]1CNC[C@H]1C(=O)NC1CCN(C)C1. The Kier molecular flexibility index (Phi) is 3.26. The van der Waals surface area contributed by atoms with Crippen LogP contribution in [-0.2, 0) is 4.79 Å². The summed E-state index contributed by atoms with van der Waals surface area (Å²) in [7, 11) is 2.10. The van der Waals surface area contributed by atoms with E-state index in [0.717, 1.165) is 32.6 Å². The number of carbonyl (C=O) groups excluding carboxylic acids is 1. The molecule has 0 spiro atoms. The van der Waals surface area contributed by atoms with E-state index in [2.05, 4.69) is 29.5 Å². The first-order chi connectivity index (χ1) is 7.16. The third kappa shape index (κ3) is 2.49. The van der Waals surface area contributed by atoms with Crippen LogP contribution in [0.25, 0.3) is 0 Å². The zero-order chi connectivity index (χ0) is 10.8. The van der Waals surface area contributed by atoms with Crippen molar-refractivity contribution >= 4 is 5.91 Å². The van der Waals surface area contributed by atoms with E-state index in [1.807, 2.05) is 0 Å². The minimum atomic E-state index is 0.177. The van der Waals surface area contributed by atoms with Crippen LogP contribution < -0.4 is 10.6 Å². The molecule has 2 aliphatic rings. The molecule has 86 valence electrons. The van der Waals surface area contributed by atoms with E-state index in [0.29, 0.717) is 12.0 Å². The summed E-state index contributed by atoms with van der Waals surface area (Å²) >= 11 is 0. The quantitative estimate of drug-likeness (QED) is 0.657. The highest BCUT2D eigenvalue weighted by Crippen LogP contribution is 2.17. The van der Waals surface area contributed by atoms with Gasteiger partial charge in [-0.1, -0.05) is 6.92 Å². The van der Waals surface area contributed by atoms with Crippen LogP contribution in [0.3, 0.4) is 0 Å². The fourth-order valence-corrected chi connectivity index (χ4v) is 2.52. The minimum Gasteiger partial charge on any atom is -0.352 e. The molecule has 0 aromatic carbocycles. The van der Waals surface area contributed by atoms with Gasteiger partial charge in [0.15, 0.2) is 0 Å². The number of hydrogen-bond acceptors (Lipinski definition) is 3. The van der Waals surface area contributed by atoms with Gasteiger partial charge in [-0.25, -0.2) is 0 Å². The lowest BCUT2D eigenvalue weighted by Gasteiger charge is -2.18. The van der Waals surface area contributed by atoms with Crippen LogP contribution in [0, 0.1) is 11.8 Å². The predicted octanol–water partition coefficient (Wildman–Crippen LogP) is -0.338. The molecule has 0 saturated carbocycles. The maximum atomic E-state index is 11.9. The molecular formula is C11H21N3O. The number of amides is 1. The summed E-state index contributed by atoms with van der Waals surface area (Å²) in [6.45, 7) is 6.06. The standard InChI is InChI=1S/C11H21N3O/c1-8-5-12-6-10(8)11(15)13-9-3-4-14(2)7-9/h8-10,12H,3-7H2,1-2H3,(H,13,15)/t8-,9?,10-/m1/s1. The molecule has 0 aromatic rings. The van der Waals surface area contributed by atoms with Gasteiger partial charge in [-0.3, -0.25) is 4.79 Å². The van der Waals surface area contributed by atoms with Crippen molar-refractivity contribution in [3.05, 3.63) is 0 Å². The Morgan fingerprint density at radius 1 is 1.47 bits per heavy atom. The van der Waals surface area contributed by atoms with Gasteiger partial charge in [0.2, 0.25) is 5.91 Å². The Balaban J connectivity index is 1.81. The van der Waals surface area contributed by atoms with E-state index in [-0.39, 0.29) is 11.8 Å². The second kappa shape index (κ2) is 4.49. The zero-order valence-corrected chi connectivity index (χ0v) is 9.62. The smallest absolute Gasteiger partial charge is 0.224 e. The summed E-state index contributed by atoms with van der Waals surface area (Å²) in [5.74, 6) is 0.896. The van der Waals surface area contributed by atoms with Crippen molar-refractivity contribution in [1.82, 2.24) is 15.5 Å². The van der Waals surface area contributed by atoms with Crippen LogP contribution in [0.1, 0.15) is 13.3 Å². The number of likely N-dealkylation sites (N-methyl/N-ethyl adjacent to an activating group) is 1. The highest BCUT2D eigenvalue weighted by molar-refractivity contribution is 5.79. The molecule has 4 nitrogen and oxygen atoms in total. The summed E-state index contributed by atoms with van der Waals surface area (Å²) in [5, 5.41) is 6.43. The van der Waals surface area contributed by atoms with E-state index in [1.54, 1.807) is 0 Å². The average Bonchev–Trinajstić information content (AvgIpc) is 2.75. The molecule has 1 amide bonds. The fraction of sp³-hybridized carbons (Fsp3) is 0.909. The lowest BCUT2D eigenvalue weighted by Crippen LogP contribution is -2.42. The van der Waals surface area contributed by atoms with Crippen molar-refractivity contribution in [2.45, 2.75) is 19.4 Å². The van der Waals surface area contributed by atoms with Crippen LogP contribution in [0.4, 0.5) is 0 Å². The number of nitrogens with one attached hydrogen (secondary N) is 2. The number of rotatable bonds is 2. The van der Waals surface area contributed by atoms with Crippen LogP contribution in [0.5, 0.6) is 0 Å². The first-order valence-corrected chi connectivity index (χ1v) is 5.86. The number of nitrogens with zero attached hydrogens (tertiary/aromatic N) is 1. The molecule has 2 aliphatic heterocycles. The lowest BCUT2D eigenvalue weighted by atomic mass is 9.97. The number of carbonyl (C=O) groups is 1. The third-order valence-corrected chi connectivity index (χ3v) is 3.59. The van der Waals surface area contributed by atoms with Crippen LogP contribution in [0.15, 0.2) is 0 Å². The minimum absolute atomic E-state index is 0.177. The lowest BCUT2D eigenvalue weighted by molar-refractivity contribution is -0.126. The van der Waals surface area contributed by atoms with Gasteiger partial charge in [0, 0.05) is 19.1 Å². The molecule has 2 N–H and O–H groups in total. The molecule has 0 bridgehead atoms. The molecule has 0 aromatic heterocycles. The van der Waals surface area contributed by atoms with Gasteiger partial charge in [-0.15, -0.1) is 0 Å². The molecule has 0 radical (unpaired) electrons. The highest BCUT2D eigenvalue weighted by Gasteiger charge is 2.31. The first kappa shape index (κ1) is 10.9. The van der Waals surface area contributed by atoms with E-state index in [9.17, 15) is 4.79 Å².